The fraction of sp³-hybridized carbons (Fsp3) is 0.714. The molecule has 0 amide bonds. The van der Waals surface area contributed by atoms with Gasteiger partial charge in [-0.15, -0.1) is 0 Å². The number of hydrogen-bond donors (Lipinski definition) is 1. The van der Waals surface area contributed by atoms with Crippen LogP contribution in [0, 0.1) is 17.8 Å². The van der Waals surface area contributed by atoms with Crippen LogP contribution in [0.4, 0.5) is 0 Å². The van der Waals surface area contributed by atoms with E-state index in [1.54, 1.807) is 0 Å². The minimum atomic E-state index is 0.757. The highest BCUT2D eigenvalue weighted by Gasteiger charge is 2.47. The van der Waals surface area contributed by atoms with Crippen molar-refractivity contribution in [1.29, 1.82) is 0 Å². The van der Waals surface area contributed by atoms with Crippen molar-refractivity contribution in [3.8, 4) is 0 Å². The molecule has 1 N–H and O–H groups in total. The number of rotatable bonds is 5. The minimum Gasteiger partial charge on any atom is -0.317 e. The maximum atomic E-state index is 3.55. The van der Waals surface area contributed by atoms with E-state index < -0.39 is 0 Å². The van der Waals surface area contributed by atoms with Crippen molar-refractivity contribution in [1.82, 2.24) is 5.32 Å². The summed E-state index contributed by atoms with van der Waals surface area (Å²) in [4.78, 5) is 0. The van der Waals surface area contributed by atoms with Gasteiger partial charge in [0.1, 0.15) is 0 Å². The molecule has 2 aliphatic rings. The zero-order valence-electron chi connectivity index (χ0n) is 9.99. The van der Waals surface area contributed by atoms with Crippen molar-refractivity contribution in [2.45, 2.75) is 38.1 Å². The van der Waals surface area contributed by atoms with E-state index in [0.717, 1.165) is 23.8 Å². The minimum absolute atomic E-state index is 0.757. The fourth-order valence-electron chi connectivity index (χ4n) is 3.46. The molecule has 2 heteroatoms. The standard InChI is InChI=1S/C14H21NS/c1-15-14(3-2-10-4-5-16-9-10)13-7-11-6-12(11)8-13/h4-5,9,11-15H,2-3,6-8H2,1H3. The molecule has 88 valence electrons. The second-order valence-electron chi connectivity index (χ2n) is 5.55. The van der Waals surface area contributed by atoms with Gasteiger partial charge in [0.25, 0.3) is 0 Å². The number of nitrogens with one attached hydrogen (secondary N) is 1. The van der Waals surface area contributed by atoms with Gasteiger partial charge in [-0.25, -0.2) is 0 Å². The molecule has 0 bridgehead atoms. The second kappa shape index (κ2) is 4.50. The van der Waals surface area contributed by atoms with Crippen LogP contribution in [0.1, 0.15) is 31.2 Å². The second-order valence-corrected chi connectivity index (χ2v) is 6.33. The highest BCUT2D eigenvalue weighted by atomic mass is 32.1. The molecule has 3 unspecified atom stereocenters. The molecule has 16 heavy (non-hydrogen) atoms. The van der Waals surface area contributed by atoms with E-state index in [1.165, 1.54) is 37.7 Å². The topological polar surface area (TPSA) is 12.0 Å². The van der Waals surface area contributed by atoms with Gasteiger partial charge < -0.3 is 5.32 Å². The Morgan fingerprint density at radius 3 is 2.81 bits per heavy atom. The highest BCUT2D eigenvalue weighted by Crippen LogP contribution is 2.55. The molecule has 2 saturated carbocycles. The van der Waals surface area contributed by atoms with Gasteiger partial charge in [-0.2, -0.15) is 11.3 Å². The molecule has 1 nitrogen and oxygen atoms in total. The maximum absolute atomic E-state index is 3.55. The fourth-order valence-corrected chi connectivity index (χ4v) is 4.17. The third-order valence-corrected chi connectivity index (χ3v) is 5.28. The molecule has 0 radical (unpaired) electrons. The first kappa shape index (κ1) is 10.8. The quantitative estimate of drug-likeness (QED) is 0.825. The first-order valence-electron chi connectivity index (χ1n) is 6.55. The Morgan fingerprint density at radius 1 is 1.38 bits per heavy atom. The van der Waals surface area contributed by atoms with Crippen LogP contribution in [0.2, 0.25) is 0 Å². The summed E-state index contributed by atoms with van der Waals surface area (Å²) in [5.41, 5.74) is 1.52. The summed E-state index contributed by atoms with van der Waals surface area (Å²) in [6.45, 7) is 0. The molecule has 1 aromatic heterocycles. The van der Waals surface area contributed by atoms with E-state index in [1.807, 2.05) is 11.3 Å². The van der Waals surface area contributed by atoms with Gasteiger partial charge in [-0.3, -0.25) is 0 Å². The molecule has 2 aliphatic carbocycles. The molecule has 3 atom stereocenters. The maximum Gasteiger partial charge on any atom is 0.00957 e. The summed E-state index contributed by atoms with van der Waals surface area (Å²) >= 11 is 1.82. The number of fused-ring (bicyclic) bond motifs is 1. The van der Waals surface area contributed by atoms with Crippen LogP contribution in [0.3, 0.4) is 0 Å². The van der Waals surface area contributed by atoms with Crippen LogP contribution in [-0.2, 0) is 6.42 Å². The Labute approximate surface area is 102 Å². The number of hydrogen-bond acceptors (Lipinski definition) is 2. The van der Waals surface area contributed by atoms with Gasteiger partial charge in [-0.05, 0) is 79.3 Å². The zero-order valence-corrected chi connectivity index (χ0v) is 10.8. The van der Waals surface area contributed by atoms with E-state index in [0.29, 0.717) is 0 Å². The van der Waals surface area contributed by atoms with Crippen molar-refractivity contribution in [3.63, 3.8) is 0 Å². The van der Waals surface area contributed by atoms with Crippen LogP contribution >= 0.6 is 11.3 Å². The Bertz CT molecular complexity index is 323. The van der Waals surface area contributed by atoms with E-state index in [-0.39, 0.29) is 0 Å². The van der Waals surface area contributed by atoms with E-state index >= 15 is 0 Å². The van der Waals surface area contributed by atoms with Gasteiger partial charge in [0.2, 0.25) is 0 Å². The van der Waals surface area contributed by atoms with Crippen molar-refractivity contribution < 1.29 is 0 Å². The lowest BCUT2D eigenvalue weighted by Crippen LogP contribution is -2.33. The third kappa shape index (κ3) is 2.18. The zero-order chi connectivity index (χ0) is 11.0. The summed E-state index contributed by atoms with van der Waals surface area (Å²) in [5, 5.41) is 8.03. The number of aryl methyl sites for hydroxylation is 1. The molecule has 1 heterocycles. The molecule has 3 rings (SSSR count). The predicted octanol–water partition coefficient (Wildman–Crippen LogP) is 3.31. The largest absolute Gasteiger partial charge is 0.317 e. The van der Waals surface area contributed by atoms with Crippen molar-refractivity contribution in [2.24, 2.45) is 17.8 Å². The Hall–Kier alpha value is -0.340. The van der Waals surface area contributed by atoms with Gasteiger partial charge in [0, 0.05) is 6.04 Å². The third-order valence-electron chi connectivity index (χ3n) is 4.54. The average molecular weight is 235 g/mol. The molecule has 2 fully saturated rings. The summed E-state index contributed by atoms with van der Waals surface area (Å²) in [6.07, 6.45) is 7.11. The molecule has 0 aromatic carbocycles. The summed E-state index contributed by atoms with van der Waals surface area (Å²) < 4.78 is 0. The molecule has 0 saturated heterocycles. The summed E-state index contributed by atoms with van der Waals surface area (Å²) in [7, 11) is 2.14. The van der Waals surface area contributed by atoms with E-state index in [9.17, 15) is 0 Å². The van der Waals surface area contributed by atoms with Crippen LogP contribution in [0.5, 0.6) is 0 Å². The first-order valence-corrected chi connectivity index (χ1v) is 7.49. The van der Waals surface area contributed by atoms with Crippen LogP contribution in [0.15, 0.2) is 16.8 Å². The summed E-state index contributed by atoms with van der Waals surface area (Å²) in [6, 6.07) is 3.02. The average Bonchev–Trinajstić information content (AvgIpc) is 2.74. The van der Waals surface area contributed by atoms with Crippen molar-refractivity contribution >= 4 is 11.3 Å². The smallest absolute Gasteiger partial charge is 0.00957 e. The van der Waals surface area contributed by atoms with Crippen molar-refractivity contribution in [3.05, 3.63) is 22.4 Å². The van der Waals surface area contributed by atoms with Gasteiger partial charge in [-0.1, -0.05) is 0 Å². The monoisotopic (exact) mass is 235 g/mol. The molecular weight excluding hydrogens is 214 g/mol. The molecule has 1 aromatic rings. The lowest BCUT2D eigenvalue weighted by atomic mass is 9.90. The van der Waals surface area contributed by atoms with Crippen LogP contribution in [0.25, 0.3) is 0 Å². The molecule has 0 aliphatic heterocycles. The number of thiophene rings is 1. The first-order chi connectivity index (χ1) is 7.86. The van der Waals surface area contributed by atoms with Gasteiger partial charge >= 0.3 is 0 Å². The lowest BCUT2D eigenvalue weighted by molar-refractivity contribution is 0.335. The highest BCUT2D eigenvalue weighted by molar-refractivity contribution is 7.07. The van der Waals surface area contributed by atoms with Crippen molar-refractivity contribution in [2.75, 3.05) is 7.05 Å². The van der Waals surface area contributed by atoms with Gasteiger partial charge in [0.15, 0.2) is 0 Å². The SMILES string of the molecule is CNC(CCc1ccsc1)C1CC2CC2C1. The Morgan fingerprint density at radius 2 is 2.19 bits per heavy atom. The summed E-state index contributed by atoms with van der Waals surface area (Å²) in [5.74, 6) is 3.19. The Kier molecular flexibility index (Phi) is 3.03. The predicted molar refractivity (Wildman–Crippen MR) is 69.8 cm³/mol. The Balaban J connectivity index is 1.51. The normalized spacial score (nSPS) is 33.7. The van der Waals surface area contributed by atoms with E-state index in [2.05, 4.69) is 29.2 Å². The van der Waals surface area contributed by atoms with Crippen LogP contribution in [-0.4, -0.2) is 13.1 Å². The molecule has 0 spiro atoms. The molecular formula is C14H21NS. The lowest BCUT2D eigenvalue weighted by Gasteiger charge is -2.24. The van der Waals surface area contributed by atoms with Crippen LogP contribution < -0.4 is 5.32 Å². The van der Waals surface area contributed by atoms with E-state index in [4.69, 9.17) is 0 Å². The van der Waals surface area contributed by atoms with Gasteiger partial charge in [0.05, 0.1) is 0 Å².